The molecule has 0 saturated heterocycles. The fourth-order valence-electron chi connectivity index (χ4n) is 1.24. The maximum Gasteiger partial charge on any atom is 0.0213 e. The fourth-order valence-corrected chi connectivity index (χ4v) is 2.25. The molecule has 0 saturated carbocycles. The summed E-state index contributed by atoms with van der Waals surface area (Å²) < 4.78 is 0. The van der Waals surface area contributed by atoms with Gasteiger partial charge in [0.1, 0.15) is 0 Å². The van der Waals surface area contributed by atoms with E-state index in [-0.39, 0.29) is 0 Å². The highest BCUT2D eigenvalue weighted by molar-refractivity contribution is 7.99. The third-order valence-electron chi connectivity index (χ3n) is 1.91. The summed E-state index contributed by atoms with van der Waals surface area (Å²) in [5.41, 5.74) is 1.40. The number of thioether (sulfide) groups is 1. The first kappa shape index (κ1) is 11.6. The van der Waals surface area contributed by atoms with Gasteiger partial charge in [0.2, 0.25) is 0 Å². The SMILES string of the molecule is CNCc1ccccc1SCC(C)C. The van der Waals surface area contributed by atoms with Crippen molar-refractivity contribution >= 4 is 11.8 Å². The van der Waals surface area contributed by atoms with Gasteiger partial charge in [-0.25, -0.2) is 0 Å². The predicted octanol–water partition coefficient (Wildman–Crippen LogP) is 3.15. The van der Waals surface area contributed by atoms with Gasteiger partial charge in [0.25, 0.3) is 0 Å². The first-order chi connectivity index (χ1) is 6.74. The highest BCUT2D eigenvalue weighted by Crippen LogP contribution is 2.24. The normalized spacial score (nSPS) is 10.9. The zero-order chi connectivity index (χ0) is 10.4. The zero-order valence-electron chi connectivity index (χ0n) is 9.21. The minimum Gasteiger partial charge on any atom is -0.316 e. The maximum absolute atomic E-state index is 3.20. The summed E-state index contributed by atoms with van der Waals surface area (Å²) in [7, 11) is 1.99. The standard InChI is InChI=1S/C12H19NS/c1-10(2)9-14-12-7-5-4-6-11(12)8-13-3/h4-7,10,13H,8-9H2,1-3H3. The summed E-state index contributed by atoms with van der Waals surface area (Å²) in [4.78, 5) is 1.41. The molecule has 0 aliphatic rings. The van der Waals surface area contributed by atoms with Gasteiger partial charge < -0.3 is 5.32 Å². The average molecular weight is 209 g/mol. The molecule has 0 fully saturated rings. The quantitative estimate of drug-likeness (QED) is 0.748. The fraction of sp³-hybridized carbons (Fsp3) is 0.500. The molecule has 1 aromatic carbocycles. The molecule has 1 aromatic rings. The van der Waals surface area contributed by atoms with Crippen molar-refractivity contribution in [2.24, 2.45) is 5.92 Å². The minimum absolute atomic E-state index is 0.752. The van der Waals surface area contributed by atoms with Crippen LogP contribution >= 0.6 is 11.8 Å². The lowest BCUT2D eigenvalue weighted by molar-refractivity contribution is 0.749. The highest BCUT2D eigenvalue weighted by atomic mass is 32.2. The molecule has 0 amide bonds. The lowest BCUT2D eigenvalue weighted by atomic mass is 10.2. The molecule has 0 unspecified atom stereocenters. The van der Waals surface area contributed by atoms with E-state index >= 15 is 0 Å². The number of nitrogens with one attached hydrogen (secondary N) is 1. The van der Waals surface area contributed by atoms with Gasteiger partial charge in [0, 0.05) is 17.2 Å². The Balaban J connectivity index is 2.64. The third-order valence-corrected chi connectivity index (χ3v) is 3.45. The van der Waals surface area contributed by atoms with Gasteiger partial charge >= 0.3 is 0 Å². The molecule has 0 aliphatic carbocycles. The molecule has 0 radical (unpaired) electrons. The van der Waals surface area contributed by atoms with Crippen LogP contribution in [0.25, 0.3) is 0 Å². The largest absolute Gasteiger partial charge is 0.316 e. The molecule has 1 rings (SSSR count). The van der Waals surface area contributed by atoms with Gasteiger partial charge in [0.05, 0.1) is 0 Å². The van der Waals surface area contributed by atoms with Gasteiger partial charge in [-0.3, -0.25) is 0 Å². The van der Waals surface area contributed by atoms with Crippen molar-refractivity contribution in [1.29, 1.82) is 0 Å². The number of rotatable bonds is 5. The summed E-state index contributed by atoms with van der Waals surface area (Å²) in [6.07, 6.45) is 0. The second-order valence-electron chi connectivity index (χ2n) is 3.84. The summed E-state index contributed by atoms with van der Waals surface area (Å²) in [5.74, 6) is 1.95. The van der Waals surface area contributed by atoms with Crippen LogP contribution in [0.3, 0.4) is 0 Å². The molecule has 0 atom stereocenters. The van der Waals surface area contributed by atoms with Crippen LogP contribution in [-0.2, 0) is 6.54 Å². The smallest absolute Gasteiger partial charge is 0.0213 e. The van der Waals surface area contributed by atoms with E-state index in [0.717, 1.165) is 12.5 Å². The maximum atomic E-state index is 3.20. The molecule has 0 bridgehead atoms. The van der Waals surface area contributed by atoms with Crippen molar-refractivity contribution in [3.63, 3.8) is 0 Å². The van der Waals surface area contributed by atoms with E-state index in [2.05, 4.69) is 43.4 Å². The van der Waals surface area contributed by atoms with Gasteiger partial charge in [-0.1, -0.05) is 32.0 Å². The van der Waals surface area contributed by atoms with Crippen LogP contribution in [-0.4, -0.2) is 12.8 Å². The molecular formula is C12H19NS. The lowest BCUT2D eigenvalue weighted by Crippen LogP contribution is -2.06. The summed E-state index contributed by atoms with van der Waals surface area (Å²) in [6, 6.07) is 8.62. The number of benzene rings is 1. The Hall–Kier alpha value is -0.470. The molecule has 0 heterocycles. The Morgan fingerprint density at radius 3 is 2.64 bits per heavy atom. The molecule has 0 aliphatic heterocycles. The first-order valence-corrected chi connectivity index (χ1v) is 6.08. The minimum atomic E-state index is 0.752. The van der Waals surface area contributed by atoms with E-state index in [1.807, 2.05) is 18.8 Å². The van der Waals surface area contributed by atoms with Crippen molar-refractivity contribution in [1.82, 2.24) is 5.32 Å². The van der Waals surface area contributed by atoms with Gasteiger partial charge in [-0.15, -0.1) is 11.8 Å². The Kier molecular flexibility index (Phi) is 5.05. The number of hydrogen-bond acceptors (Lipinski definition) is 2. The van der Waals surface area contributed by atoms with E-state index in [0.29, 0.717) is 0 Å². The van der Waals surface area contributed by atoms with Gasteiger partial charge in [0.15, 0.2) is 0 Å². The van der Waals surface area contributed by atoms with Crippen LogP contribution in [0.2, 0.25) is 0 Å². The lowest BCUT2D eigenvalue weighted by Gasteiger charge is -2.09. The first-order valence-electron chi connectivity index (χ1n) is 5.09. The van der Waals surface area contributed by atoms with Gasteiger partial charge in [-0.2, -0.15) is 0 Å². The van der Waals surface area contributed by atoms with Crippen molar-refractivity contribution in [2.45, 2.75) is 25.3 Å². The van der Waals surface area contributed by atoms with E-state index in [9.17, 15) is 0 Å². The van der Waals surface area contributed by atoms with Crippen LogP contribution in [0, 0.1) is 5.92 Å². The highest BCUT2D eigenvalue weighted by Gasteiger charge is 2.02. The topological polar surface area (TPSA) is 12.0 Å². The Bertz CT molecular complexity index is 271. The number of hydrogen-bond donors (Lipinski definition) is 1. The molecule has 0 aromatic heterocycles. The summed E-state index contributed by atoms with van der Waals surface area (Å²) >= 11 is 1.96. The molecule has 2 heteroatoms. The van der Waals surface area contributed by atoms with Crippen molar-refractivity contribution in [2.75, 3.05) is 12.8 Å². The van der Waals surface area contributed by atoms with Crippen LogP contribution in [0.15, 0.2) is 29.2 Å². The van der Waals surface area contributed by atoms with E-state index in [4.69, 9.17) is 0 Å². The Morgan fingerprint density at radius 2 is 2.00 bits per heavy atom. The predicted molar refractivity (Wildman–Crippen MR) is 64.8 cm³/mol. The Morgan fingerprint density at radius 1 is 1.29 bits per heavy atom. The van der Waals surface area contributed by atoms with Gasteiger partial charge in [-0.05, 0) is 24.6 Å². The monoisotopic (exact) mass is 209 g/mol. The summed E-state index contributed by atoms with van der Waals surface area (Å²) in [5, 5.41) is 3.20. The zero-order valence-corrected chi connectivity index (χ0v) is 10.0. The molecular weight excluding hydrogens is 190 g/mol. The van der Waals surface area contributed by atoms with E-state index < -0.39 is 0 Å². The van der Waals surface area contributed by atoms with Crippen molar-refractivity contribution in [3.05, 3.63) is 29.8 Å². The Labute approximate surface area is 91.3 Å². The van der Waals surface area contributed by atoms with E-state index in [1.165, 1.54) is 16.2 Å². The molecule has 14 heavy (non-hydrogen) atoms. The second kappa shape index (κ2) is 6.10. The molecule has 1 N–H and O–H groups in total. The van der Waals surface area contributed by atoms with Crippen LogP contribution in [0.5, 0.6) is 0 Å². The molecule has 78 valence electrons. The third kappa shape index (κ3) is 3.72. The summed E-state index contributed by atoms with van der Waals surface area (Å²) in [6.45, 7) is 5.47. The van der Waals surface area contributed by atoms with Crippen LogP contribution in [0.4, 0.5) is 0 Å². The van der Waals surface area contributed by atoms with Crippen LogP contribution in [0.1, 0.15) is 19.4 Å². The van der Waals surface area contributed by atoms with E-state index in [1.54, 1.807) is 0 Å². The molecule has 0 spiro atoms. The molecule has 1 nitrogen and oxygen atoms in total. The van der Waals surface area contributed by atoms with Crippen LogP contribution < -0.4 is 5.32 Å². The van der Waals surface area contributed by atoms with Crippen molar-refractivity contribution < 1.29 is 0 Å². The van der Waals surface area contributed by atoms with Crippen molar-refractivity contribution in [3.8, 4) is 0 Å². The average Bonchev–Trinajstić information content (AvgIpc) is 2.17. The second-order valence-corrected chi connectivity index (χ2v) is 4.90.